The highest BCUT2D eigenvalue weighted by atomic mass is 16.5. The molecule has 0 spiro atoms. The highest BCUT2D eigenvalue weighted by Gasteiger charge is 2.11. The summed E-state index contributed by atoms with van der Waals surface area (Å²) in [5.41, 5.74) is 2.20. The highest BCUT2D eigenvalue weighted by Crippen LogP contribution is 2.25. The number of aryl methyl sites for hydroxylation is 1. The first-order valence-electron chi connectivity index (χ1n) is 5.11. The van der Waals surface area contributed by atoms with Crippen LogP contribution in [0, 0.1) is 0 Å². The molecule has 88 valence electrons. The summed E-state index contributed by atoms with van der Waals surface area (Å²) < 4.78 is 4.86. The Bertz CT molecular complexity index is 516. The van der Waals surface area contributed by atoms with Gasteiger partial charge in [-0.25, -0.2) is 0 Å². The molecule has 0 atom stereocenters. The van der Waals surface area contributed by atoms with Gasteiger partial charge >= 0.3 is 5.97 Å². The number of aromatic hydroxyl groups is 1. The van der Waals surface area contributed by atoms with Gasteiger partial charge in [0, 0.05) is 12.0 Å². The Balaban J connectivity index is 2.24. The van der Waals surface area contributed by atoms with Crippen molar-refractivity contribution in [2.45, 2.75) is 12.8 Å². The van der Waals surface area contributed by atoms with Crippen molar-refractivity contribution in [2.75, 3.05) is 0 Å². The maximum Gasteiger partial charge on any atom is 0.303 e. The fraction of sp³-hybridized carbons (Fsp3) is 0.167. The van der Waals surface area contributed by atoms with Crippen LogP contribution in [0.5, 0.6) is 5.75 Å². The van der Waals surface area contributed by atoms with Gasteiger partial charge in [0.05, 0.1) is 12.1 Å². The van der Waals surface area contributed by atoms with E-state index in [1.54, 1.807) is 24.3 Å². The lowest BCUT2D eigenvalue weighted by atomic mass is 10.0. The van der Waals surface area contributed by atoms with Gasteiger partial charge in [0.15, 0.2) is 0 Å². The molecule has 1 heterocycles. The van der Waals surface area contributed by atoms with Gasteiger partial charge in [-0.2, -0.15) is 0 Å². The molecule has 0 aliphatic carbocycles. The smallest absolute Gasteiger partial charge is 0.303 e. The number of hydrogen-bond donors (Lipinski definition) is 2. The van der Waals surface area contributed by atoms with Crippen molar-refractivity contribution in [3.8, 4) is 16.9 Å². The minimum absolute atomic E-state index is 0.0115. The molecule has 5 nitrogen and oxygen atoms in total. The third-order valence-corrected chi connectivity index (χ3v) is 2.40. The Kier molecular flexibility index (Phi) is 3.09. The second-order valence-corrected chi connectivity index (χ2v) is 3.62. The molecule has 2 rings (SSSR count). The van der Waals surface area contributed by atoms with Crippen molar-refractivity contribution in [3.05, 3.63) is 36.2 Å². The number of carboxylic acid groups (broad SMARTS) is 1. The lowest BCUT2D eigenvalue weighted by Gasteiger charge is -2.00. The second kappa shape index (κ2) is 4.69. The number of carbonyl (C=O) groups is 1. The Morgan fingerprint density at radius 3 is 2.65 bits per heavy atom. The summed E-state index contributed by atoms with van der Waals surface area (Å²) in [6.07, 6.45) is 1.81. The Labute approximate surface area is 97.3 Å². The van der Waals surface area contributed by atoms with E-state index in [1.807, 2.05) is 0 Å². The number of phenolic OH excluding ortho intramolecular Hbond substituents is 1. The topological polar surface area (TPSA) is 83.6 Å². The van der Waals surface area contributed by atoms with E-state index in [4.69, 9.17) is 9.63 Å². The summed E-state index contributed by atoms with van der Waals surface area (Å²) in [6, 6.07) is 6.57. The molecule has 5 heteroatoms. The van der Waals surface area contributed by atoms with Crippen LogP contribution in [0.2, 0.25) is 0 Å². The Morgan fingerprint density at radius 2 is 2.00 bits per heavy atom. The quantitative estimate of drug-likeness (QED) is 0.844. The summed E-state index contributed by atoms with van der Waals surface area (Å²) in [6.45, 7) is 0. The van der Waals surface area contributed by atoms with Crippen LogP contribution in [0.4, 0.5) is 0 Å². The molecule has 0 fully saturated rings. The van der Waals surface area contributed by atoms with Crippen molar-refractivity contribution in [3.63, 3.8) is 0 Å². The van der Waals surface area contributed by atoms with E-state index >= 15 is 0 Å². The molecular weight excluding hydrogens is 222 g/mol. The van der Waals surface area contributed by atoms with Gasteiger partial charge in [0.2, 0.25) is 0 Å². The molecule has 0 saturated heterocycles. The van der Waals surface area contributed by atoms with Gasteiger partial charge < -0.3 is 14.7 Å². The number of benzene rings is 1. The molecule has 1 aromatic heterocycles. The van der Waals surface area contributed by atoms with E-state index in [0.29, 0.717) is 12.1 Å². The van der Waals surface area contributed by atoms with E-state index in [9.17, 15) is 9.90 Å². The summed E-state index contributed by atoms with van der Waals surface area (Å²) >= 11 is 0. The van der Waals surface area contributed by atoms with E-state index in [1.165, 1.54) is 6.26 Å². The fourth-order valence-corrected chi connectivity index (χ4v) is 1.54. The maximum atomic E-state index is 10.5. The normalized spacial score (nSPS) is 10.4. The molecule has 0 aliphatic rings. The van der Waals surface area contributed by atoms with Crippen LogP contribution in [-0.4, -0.2) is 21.3 Å². The number of aromatic nitrogens is 1. The summed E-state index contributed by atoms with van der Waals surface area (Å²) in [4.78, 5) is 10.5. The first-order chi connectivity index (χ1) is 8.16. The Morgan fingerprint density at radius 1 is 1.29 bits per heavy atom. The number of hydrogen-bond acceptors (Lipinski definition) is 4. The molecule has 0 amide bonds. The third kappa shape index (κ3) is 2.63. The van der Waals surface area contributed by atoms with Crippen LogP contribution < -0.4 is 0 Å². The monoisotopic (exact) mass is 233 g/mol. The van der Waals surface area contributed by atoms with E-state index in [-0.39, 0.29) is 12.2 Å². The van der Waals surface area contributed by atoms with Crippen molar-refractivity contribution < 1.29 is 19.5 Å². The summed E-state index contributed by atoms with van der Waals surface area (Å²) in [7, 11) is 0. The first kappa shape index (κ1) is 11.2. The predicted octanol–water partition coefficient (Wildman–Crippen LogP) is 2.06. The van der Waals surface area contributed by atoms with Crippen LogP contribution in [-0.2, 0) is 11.2 Å². The molecule has 2 N–H and O–H groups in total. The van der Waals surface area contributed by atoms with E-state index in [2.05, 4.69) is 5.16 Å². The van der Waals surface area contributed by atoms with Crippen molar-refractivity contribution in [1.82, 2.24) is 5.16 Å². The van der Waals surface area contributed by atoms with Gasteiger partial charge in [0.25, 0.3) is 0 Å². The van der Waals surface area contributed by atoms with Gasteiger partial charge in [-0.15, -0.1) is 0 Å². The van der Waals surface area contributed by atoms with Crippen LogP contribution in [0.25, 0.3) is 11.1 Å². The lowest BCUT2D eigenvalue weighted by molar-refractivity contribution is -0.136. The minimum Gasteiger partial charge on any atom is -0.508 e. The average molecular weight is 233 g/mol. The highest BCUT2D eigenvalue weighted by molar-refractivity contribution is 5.69. The SMILES string of the molecule is O=C(O)CCc1nocc1-c1ccc(O)cc1. The number of phenols is 1. The van der Waals surface area contributed by atoms with Crippen LogP contribution >= 0.6 is 0 Å². The number of aliphatic carboxylic acids is 1. The Hall–Kier alpha value is -2.30. The van der Waals surface area contributed by atoms with Crippen molar-refractivity contribution >= 4 is 5.97 Å². The van der Waals surface area contributed by atoms with Gasteiger partial charge in [-0.1, -0.05) is 17.3 Å². The molecule has 2 aromatic rings. The zero-order chi connectivity index (χ0) is 12.3. The number of carboxylic acids is 1. The molecular formula is C12H11NO4. The molecule has 0 saturated carbocycles. The zero-order valence-electron chi connectivity index (χ0n) is 8.96. The van der Waals surface area contributed by atoms with Crippen molar-refractivity contribution in [1.29, 1.82) is 0 Å². The zero-order valence-corrected chi connectivity index (χ0v) is 8.96. The predicted molar refractivity (Wildman–Crippen MR) is 59.6 cm³/mol. The molecule has 0 radical (unpaired) electrons. The molecule has 0 unspecified atom stereocenters. The van der Waals surface area contributed by atoms with Crippen LogP contribution in [0.3, 0.4) is 0 Å². The van der Waals surface area contributed by atoms with Crippen LogP contribution in [0.15, 0.2) is 35.1 Å². The minimum atomic E-state index is -0.871. The van der Waals surface area contributed by atoms with Gasteiger partial charge in [0.1, 0.15) is 12.0 Å². The maximum absolute atomic E-state index is 10.5. The molecule has 1 aromatic carbocycles. The number of nitrogens with zero attached hydrogens (tertiary/aromatic N) is 1. The summed E-state index contributed by atoms with van der Waals surface area (Å²) in [5.74, 6) is -0.693. The molecule has 17 heavy (non-hydrogen) atoms. The first-order valence-corrected chi connectivity index (χ1v) is 5.11. The third-order valence-electron chi connectivity index (χ3n) is 2.40. The number of rotatable bonds is 4. The fourth-order valence-electron chi connectivity index (χ4n) is 1.54. The van der Waals surface area contributed by atoms with Gasteiger partial charge in [-0.3, -0.25) is 4.79 Å². The summed E-state index contributed by atoms with van der Waals surface area (Å²) in [5, 5.41) is 21.6. The van der Waals surface area contributed by atoms with Crippen LogP contribution in [0.1, 0.15) is 12.1 Å². The van der Waals surface area contributed by atoms with Gasteiger partial charge in [-0.05, 0) is 17.7 Å². The van der Waals surface area contributed by atoms with E-state index < -0.39 is 5.97 Å². The van der Waals surface area contributed by atoms with E-state index in [0.717, 1.165) is 11.1 Å². The van der Waals surface area contributed by atoms with Crippen molar-refractivity contribution in [2.24, 2.45) is 0 Å². The lowest BCUT2D eigenvalue weighted by Crippen LogP contribution is -1.98. The molecule has 0 bridgehead atoms. The molecule has 0 aliphatic heterocycles. The largest absolute Gasteiger partial charge is 0.508 e. The average Bonchev–Trinajstić information content (AvgIpc) is 2.75. The second-order valence-electron chi connectivity index (χ2n) is 3.62. The standard InChI is InChI=1S/C12H11NO4/c14-9-3-1-8(2-4-9)10-7-17-13-11(10)5-6-12(15)16/h1-4,7,14H,5-6H2,(H,15,16).